The Labute approximate surface area is 164 Å². The SMILES string of the molecule is O=C(N1CC(CCc2ccc(C(F)(F)F)cc2F)C1)N1CCC(c2ncn[nH]2)C1. The van der Waals surface area contributed by atoms with Crippen LogP contribution in [0.25, 0.3) is 0 Å². The number of likely N-dealkylation sites (tertiary alicyclic amines) is 2. The van der Waals surface area contributed by atoms with Crippen LogP contribution >= 0.6 is 0 Å². The van der Waals surface area contributed by atoms with Gasteiger partial charge in [-0.3, -0.25) is 5.10 Å². The molecule has 156 valence electrons. The Bertz CT molecular complexity index is 864. The summed E-state index contributed by atoms with van der Waals surface area (Å²) >= 11 is 0. The average Bonchev–Trinajstić information content (AvgIpc) is 3.31. The number of amides is 2. The highest BCUT2D eigenvalue weighted by molar-refractivity contribution is 5.75. The maximum absolute atomic E-state index is 13.9. The van der Waals surface area contributed by atoms with Gasteiger partial charge in [0.1, 0.15) is 18.0 Å². The number of aryl methyl sites for hydroxylation is 1. The minimum atomic E-state index is -4.55. The number of aromatic nitrogens is 3. The Balaban J connectivity index is 1.23. The summed E-state index contributed by atoms with van der Waals surface area (Å²) in [4.78, 5) is 20.3. The number of H-pyrrole nitrogens is 1. The van der Waals surface area contributed by atoms with Crippen molar-refractivity contribution < 1.29 is 22.4 Å². The molecule has 4 rings (SSSR count). The Hall–Kier alpha value is -2.65. The van der Waals surface area contributed by atoms with Crippen LogP contribution in [0.1, 0.15) is 35.7 Å². The van der Waals surface area contributed by atoms with Gasteiger partial charge in [-0.15, -0.1) is 0 Å². The number of carbonyl (C=O) groups excluding carboxylic acids is 1. The Morgan fingerprint density at radius 2 is 2.00 bits per heavy atom. The van der Waals surface area contributed by atoms with Crippen LogP contribution in [0.15, 0.2) is 24.5 Å². The van der Waals surface area contributed by atoms with Crippen molar-refractivity contribution in [2.45, 2.75) is 31.4 Å². The zero-order valence-electron chi connectivity index (χ0n) is 15.6. The number of halogens is 4. The van der Waals surface area contributed by atoms with Crippen LogP contribution in [0.3, 0.4) is 0 Å². The average molecular weight is 411 g/mol. The van der Waals surface area contributed by atoms with E-state index in [-0.39, 0.29) is 23.4 Å². The molecule has 1 unspecified atom stereocenters. The predicted molar refractivity (Wildman–Crippen MR) is 95.5 cm³/mol. The fourth-order valence-electron chi connectivity index (χ4n) is 3.96. The second kappa shape index (κ2) is 7.64. The molecular formula is C19H21F4N5O. The van der Waals surface area contributed by atoms with Gasteiger partial charge in [0.2, 0.25) is 0 Å². The zero-order chi connectivity index (χ0) is 20.6. The number of nitrogens with one attached hydrogen (secondary N) is 1. The van der Waals surface area contributed by atoms with Crippen LogP contribution < -0.4 is 0 Å². The van der Waals surface area contributed by atoms with E-state index in [1.54, 1.807) is 9.80 Å². The third-order valence-electron chi connectivity index (χ3n) is 5.71. The Morgan fingerprint density at radius 3 is 2.66 bits per heavy atom. The van der Waals surface area contributed by atoms with Gasteiger partial charge in [-0.2, -0.15) is 18.3 Å². The number of alkyl halides is 3. The molecule has 10 heteroatoms. The molecule has 2 aliphatic rings. The molecule has 1 aromatic heterocycles. The quantitative estimate of drug-likeness (QED) is 0.784. The zero-order valence-corrected chi connectivity index (χ0v) is 15.6. The molecule has 0 bridgehead atoms. The largest absolute Gasteiger partial charge is 0.416 e. The lowest BCUT2D eigenvalue weighted by Crippen LogP contribution is -2.54. The van der Waals surface area contributed by atoms with E-state index in [0.717, 1.165) is 18.3 Å². The minimum Gasteiger partial charge on any atom is -0.324 e. The first-order valence-corrected chi connectivity index (χ1v) is 9.56. The summed E-state index contributed by atoms with van der Waals surface area (Å²) in [5.74, 6) is 0.359. The van der Waals surface area contributed by atoms with Crippen molar-refractivity contribution in [3.63, 3.8) is 0 Å². The summed E-state index contributed by atoms with van der Waals surface area (Å²) < 4.78 is 51.8. The van der Waals surface area contributed by atoms with Gasteiger partial charge in [0.15, 0.2) is 0 Å². The lowest BCUT2D eigenvalue weighted by Gasteiger charge is -2.41. The lowest BCUT2D eigenvalue weighted by molar-refractivity contribution is -0.137. The Morgan fingerprint density at radius 1 is 1.21 bits per heavy atom. The van der Waals surface area contributed by atoms with Crippen LogP contribution in [-0.2, 0) is 12.6 Å². The highest BCUT2D eigenvalue weighted by Gasteiger charge is 2.37. The van der Waals surface area contributed by atoms with E-state index < -0.39 is 17.6 Å². The molecule has 1 aromatic carbocycles. The van der Waals surface area contributed by atoms with E-state index in [4.69, 9.17) is 0 Å². The van der Waals surface area contributed by atoms with E-state index >= 15 is 0 Å². The number of hydrogen-bond donors (Lipinski definition) is 1. The number of hydrogen-bond acceptors (Lipinski definition) is 3. The second-order valence-electron chi connectivity index (χ2n) is 7.70. The molecule has 2 fully saturated rings. The third kappa shape index (κ3) is 4.20. The van der Waals surface area contributed by atoms with Crippen molar-refractivity contribution in [1.29, 1.82) is 0 Å². The molecule has 29 heavy (non-hydrogen) atoms. The van der Waals surface area contributed by atoms with Gasteiger partial charge in [0, 0.05) is 32.1 Å². The topological polar surface area (TPSA) is 65.1 Å². The number of carbonyl (C=O) groups is 1. The van der Waals surface area contributed by atoms with Gasteiger partial charge in [0.25, 0.3) is 0 Å². The van der Waals surface area contributed by atoms with Crippen LogP contribution in [0.4, 0.5) is 22.4 Å². The molecule has 2 aromatic rings. The third-order valence-corrected chi connectivity index (χ3v) is 5.71. The predicted octanol–water partition coefficient (Wildman–Crippen LogP) is 3.44. The molecular weight excluding hydrogens is 390 g/mol. The molecule has 0 spiro atoms. The first-order chi connectivity index (χ1) is 13.8. The van der Waals surface area contributed by atoms with Crippen molar-refractivity contribution in [2.24, 2.45) is 5.92 Å². The van der Waals surface area contributed by atoms with Gasteiger partial charge in [-0.25, -0.2) is 14.2 Å². The van der Waals surface area contributed by atoms with Crippen LogP contribution in [-0.4, -0.2) is 57.2 Å². The van der Waals surface area contributed by atoms with Crippen molar-refractivity contribution in [1.82, 2.24) is 25.0 Å². The van der Waals surface area contributed by atoms with E-state index in [0.29, 0.717) is 45.1 Å². The molecule has 0 aliphatic carbocycles. The number of urea groups is 1. The lowest BCUT2D eigenvalue weighted by atomic mass is 9.92. The van der Waals surface area contributed by atoms with Crippen molar-refractivity contribution in [3.8, 4) is 0 Å². The summed E-state index contributed by atoms with van der Waals surface area (Å²) in [5.41, 5.74) is -0.703. The Kier molecular flexibility index (Phi) is 5.18. The van der Waals surface area contributed by atoms with Crippen molar-refractivity contribution in [2.75, 3.05) is 26.2 Å². The summed E-state index contributed by atoms with van der Waals surface area (Å²) in [6.45, 7) is 2.45. The fraction of sp³-hybridized carbons (Fsp3) is 0.526. The van der Waals surface area contributed by atoms with E-state index in [9.17, 15) is 22.4 Å². The van der Waals surface area contributed by atoms with Crippen LogP contribution in [0.5, 0.6) is 0 Å². The molecule has 2 aliphatic heterocycles. The first-order valence-electron chi connectivity index (χ1n) is 9.56. The van der Waals surface area contributed by atoms with Gasteiger partial charge >= 0.3 is 12.2 Å². The van der Waals surface area contributed by atoms with Crippen molar-refractivity contribution >= 4 is 6.03 Å². The summed E-state index contributed by atoms with van der Waals surface area (Å²) in [7, 11) is 0. The highest BCUT2D eigenvalue weighted by atomic mass is 19.4. The molecule has 3 heterocycles. The summed E-state index contributed by atoms with van der Waals surface area (Å²) in [5, 5.41) is 6.69. The first kappa shape index (κ1) is 19.7. The number of aromatic amines is 1. The highest BCUT2D eigenvalue weighted by Crippen LogP contribution is 2.31. The molecule has 1 atom stereocenters. The number of benzene rings is 1. The maximum Gasteiger partial charge on any atom is 0.416 e. The van der Waals surface area contributed by atoms with Crippen molar-refractivity contribution in [3.05, 3.63) is 47.3 Å². The molecule has 2 amide bonds. The molecule has 2 saturated heterocycles. The summed E-state index contributed by atoms with van der Waals surface area (Å²) in [6.07, 6.45) is -1.26. The van der Waals surface area contributed by atoms with Gasteiger partial charge in [-0.1, -0.05) is 6.07 Å². The van der Waals surface area contributed by atoms with E-state index in [1.165, 1.54) is 12.4 Å². The number of rotatable bonds is 4. The summed E-state index contributed by atoms with van der Waals surface area (Å²) in [6, 6.07) is 2.65. The number of nitrogens with zero attached hydrogens (tertiary/aromatic N) is 4. The fourth-order valence-corrected chi connectivity index (χ4v) is 3.96. The normalized spacial score (nSPS) is 20.2. The maximum atomic E-state index is 13.9. The van der Waals surface area contributed by atoms with E-state index in [2.05, 4.69) is 15.2 Å². The molecule has 1 N–H and O–H groups in total. The van der Waals surface area contributed by atoms with Gasteiger partial charge < -0.3 is 9.80 Å². The van der Waals surface area contributed by atoms with Crippen LogP contribution in [0.2, 0.25) is 0 Å². The van der Waals surface area contributed by atoms with Gasteiger partial charge in [0.05, 0.1) is 5.56 Å². The second-order valence-corrected chi connectivity index (χ2v) is 7.70. The standard InChI is InChI=1S/C19H21F4N5O/c20-16-7-15(19(21,22)23)4-3-13(16)2-1-12-8-28(9-12)18(29)27-6-5-14(10-27)17-24-11-25-26-17/h3-4,7,11-12,14H,1-2,5-6,8-10H2,(H,24,25,26). The smallest absolute Gasteiger partial charge is 0.324 e. The van der Waals surface area contributed by atoms with Gasteiger partial charge in [-0.05, 0) is 42.9 Å². The molecule has 0 radical (unpaired) electrons. The molecule has 0 saturated carbocycles. The van der Waals surface area contributed by atoms with Crippen LogP contribution in [0, 0.1) is 11.7 Å². The minimum absolute atomic E-state index is 0.0102. The monoisotopic (exact) mass is 411 g/mol. The van der Waals surface area contributed by atoms with E-state index in [1.807, 2.05) is 0 Å². The molecule has 6 nitrogen and oxygen atoms in total.